The van der Waals surface area contributed by atoms with Crippen molar-refractivity contribution in [2.75, 3.05) is 0 Å². The van der Waals surface area contributed by atoms with E-state index in [9.17, 15) is 0 Å². The standard InChI is InChI=1S/C55H66Br2/c1-8-10-12-14-16-18-32-54(33-19-17-15-13-11-9-2)49-34-43(56)28-30-45(49)47-37-52-48(36-50(47)54)46-31-29-44(57)35-51(46)55(52,41-22-20-39(21-23-41)38(3)4)42-26-24-40(25-27-42)53(5,6)7/h20-31,34-38H,8-19,32-33H2,1-7H3. The SMILES string of the molecule is CCCCCCCCC1(CCCCCCCC)c2cc(Br)ccc2-c2cc3c(cc21)-c1ccc(Br)cc1C3(c1ccc(C(C)C)cc1)c1ccc(C(C)(C)C)cc1. The highest BCUT2D eigenvalue weighted by Crippen LogP contribution is 2.62. The van der Waals surface area contributed by atoms with Gasteiger partial charge in [-0.05, 0) is 127 Å². The smallest absolute Gasteiger partial charge is 0.0654 e. The van der Waals surface area contributed by atoms with Crippen LogP contribution in [-0.4, -0.2) is 0 Å². The third kappa shape index (κ3) is 8.05. The van der Waals surface area contributed by atoms with E-state index in [4.69, 9.17) is 0 Å². The van der Waals surface area contributed by atoms with Crippen LogP contribution >= 0.6 is 31.9 Å². The summed E-state index contributed by atoms with van der Waals surface area (Å²) in [6.45, 7) is 16.2. The Kier molecular flexibility index (Phi) is 13.1. The zero-order chi connectivity index (χ0) is 40.4. The van der Waals surface area contributed by atoms with Gasteiger partial charge in [-0.15, -0.1) is 0 Å². The molecule has 0 nitrogen and oxygen atoms in total. The van der Waals surface area contributed by atoms with E-state index in [0.717, 1.165) is 4.47 Å². The Morgan fingerprint density at radius 3 is 1.42 bits per heavy atom. The fourth-order valence-corrected chi connectivity index (χ4v) is 11.2. The molecule has 0 saturated carbocycles. The summed E-state index contributed by atoms with van der Waals surface area (Å²) in [6.07, 6.45) is 18.3. The second-order valence-corrected chi connectivity index (χ2v) is 20.6. The minimum atomic E-state index is -0.464. The molecule has 0 saturated heterocycles. The van der Waals surface area contributed by atoms with Gasteiger partial charge in [0, 0.05) is 14.4 Å². The van der Waals surface area contributed by atoms with Crippen LogP contribution in [0.2, 0.25) is 0 Å². The molecule has 2 heteroatoms. The maximum atomic E-state index is 3.97. The van der Waals surface area contributed by atoms with Crippen molar-refractivity contribution in [3.05, 3.63) is 151 Å². The Bertz CT molecular complexity index is 2130. The summed E-state index contributed by atoms with van der Waals surface area (Å²) >= 11 is 7.95. The molecule has 7 rings (SSSR count). The fourth-order valence-electron chi connectivity index (χ4n) is 10.5. The topological polar surface area (TPSA) is 0 Å². The van der Waals surface area contributed by atoms with Crippen molar-refractivity contribution in [1.29, 1.82) is 0 Å². The van der Waals surface area contributed by atoms with E-state index in [2.05, 4.69) is 177 Å². The Hall–Kier alpha value is -2.94. The first-order valence-corrected chi connectivity index (χ1v) is 24.1. The summed E-state index contributed by atoms with van der Waals surface area (Å²) in [4.78, 5) is 0. The lowest BCUT2D eigenvalue weighted by Crippen LogP contribution is -2.29. The summed E-state index contributed by atoms with van der Waals surface area (Å²) in [5, 5.41) is 0. The summed E-state index contributed by atoms with van der Waals surface area (Å²) in [6, 6.07) is 39.0. The van der Waals surface area contributed by atoms with Crippen molar-refractivity contribution < 1.29 is 0 Å². The lowest BCUT2D eigenvalue weighted by atomic mass is 9.66. The first-order chi connectivity index (χ1) is 27.4. The van der Waals surface area contributed by atoms with Gasteiger partial charge in [0.2, 0.25) is 0 Å². The van der Waals surface area contributed by atoms with E-state index in [-0.39, 0.29) is 10.8 Å². The molecule has 1 atom stereocenters. The largest absolute Gasteiger partial charge is 0.0714 e. The first kappa shape index (κ1) is 42.2. The third-order valence-corrected chi connectivity index (χ3v) is 14.6. The maximum Gasteiger partial charge on any atom is 0.0714 e. The van der Waals surface area contributed by atoms with E-state index in [0.29, 0.717) is 5.92 Å². The van der Waals surface area contributed by atoms with Crippen LogP contribution in [0.1, 0.15) is 189 Å². The van der Waals surface area contributed by atoms with Gasteiger partial charge in [0.1, 0.15) is 0 Å². The van der Waals surface area contributed by atoms with E-state index >= 15 is 0 Å². The van der Waals surface area contributed by atoms with Gasteiger partial charge in [0.05, 0.1) is 5.41 Å². The van der Waals surface area contributed by atoms with Crippen LogP contribution in [0.3, 0.4) is 0 Å². The van der Waals surface area contributed by atoms with Gasteiger partial charge in [-0.1, -0.05) is 218 Å². The quantitative estimate of drug-likeness (QED) is 0.0801. The normalized spacial score (nSPS) is 16.5. The highest BCUT2D eigenvalue weighted by molar-refractivity contribution is 9.10. The number of halogens is 2. The second-order valence-electron chi connectivity index (χ2n) is 18.8. The van der Waals surface area contributed by atoms with Crippen LogP contribution < -0.4 is 0 Å². The van der Waals surface area contributed by atoms with Crippen LogP contribution in [-0.2, 0) is 16.2 Å². The molecule has 2 aliphatic rings. The van der Waals surface area contributed by atoms with E-state index in [1.165, 1.54) is 150 Å². The molecule has 0 bridgehead atoms. The molecule has 0 aliphatic heterocycles. The number of rotatable bonds is 17. The lowest BCUT2D eigenvalue weighted by molar-refractivity contribution is 0.398. The fraction of sp³-hybridized carbons (Fsp3) is 0.455. The molecule has 0 fully saturated rings. The molecular formula is C55H66Br2. The van der Waals surface area contributed by atoms with Gasteiger partial charge in [-0.3, -0.25) is 0 Å². The molecule has 0 amide bonds. The summed E-state index contributed by atoms with van der Waals surface area (Å²) in [5.41, 5.74) is 16.6. The van der Waals surface area contributed by atoms with Gasteiger partial charge >= 0.3 is 0 Å². The minimum Gasteiger partial charge on any atom is -0.0654 e. The van der Waals surface area contributed by atoms with Gasteiger partial charge in [-0.25, -0.2) is 0 Å². The number of hydrogen-bond acceptors (Lipinski definition) is 0. The molecule has 0 radical (unpaired) electrons. The highest BCUT2D eigenvalue weighted by atomic mass is 79.9. The number of fused-ring (bicyclic) bond motifs is 6. The highest BCUT2D eigenvalue weighted by Gasteiger charge is 2.50. The van der Waals surface area contributed by atoms with Crippen molar-refractivity contribution in [2.24, 2.45) is 0 Å². The summed E-state index contributed by atoms with van der Waals surface area (Å²) < 4.78 is 2.33. The van der Waals surface area contributed by atoms with Crippen molar-refractivity contribution in [3.63, 3.8) is 0 Å². The van der Waals surface area contributed by atoms with Crippen LogP contribution in [0.5, 0.6) is 0 Å². The summed E-state index contributed by atoms with van der Waals surface area (Å²) in [7, 11) is 0. The molecule has 5 aromatic carbocycles. The predicted octanol–water partition coefficient (Wildman–Crippen LogP) is 17.8. The maximum absolute atomic E-state index is 3.97. The molecule has 2 aliphatic carbocycles. The Balaban J connectivity index is 1.47. The third-order valence-electron chi connectivity index (χ3n) is 13.6. The first-order valence-electron chi connectivity index (χ1n) is 22.5. The van der Waals surface area contributed by atoms with Gasteiger partial charge in [0.15, 0.2) is 0 Å². The molecular weight excluding hydrogens is 820 g/mol. The summed E-state index contributed by atoms with van der Waals surface area (Å²) in [5.74, 6) is 0.476. The Morgan fingerprint density at radius 1 is 0.474 bits per heavy atom. The molecule has 0 heterocycles. The minimum absolute atomic E-state index is 0.00698. The molecule has 1 unspecified atom stereocenters. The van der Waals surface area contributed by atoms with Gasteiger partial charge in [0.25, 0.3) is 0 Å². The second kappa shape index (κ2) is 17.7. The average Bonchev–Trinajstić information content (AvgIpc) is 3.62. The molecule has 57 heavy (non-hydrogen) atoms. The van der Waals surface area contributed by atoms with Crippen LogP contribution in [0.4, 0.5) is 0 Å². The van der Waals surface area contributed by atoms with Crippen LogP contribution in [0, 0.1) is 0 Å². The van der Waals surface area contributed by atoms with Gasteiger partial charge < -0.3 is 0 Å². The molecule has 5 aromatic rings. The number of benzene rings is 5. The van der Waals surface area contributed by atoms with Crippen molar-refractivity contribution >= 4 is 31.9 Å². The monoisotopic (exact) mass is 884 g/mol. The zero-order valence-electron chi connectivity index (χ0n) is 36.0. The molecule has 0 N–H and O–H groups in total. The van der Waals surface area contributed by atoms with E-state index in [1.807, 2.05) is 0 Å². The Morgan fingerprint density at radius 2 is 0.895 bits per heavy atom. The number of hydrogen-bond donors (Lipinski definition) is 0. The average molecular weight is 887 g/mol. The zero-order valence-corrected chi connectivity index (χ0v) is 39.1. The lowest BCUT2D eigenvalue weighted by Gasteiger charge is -2.36. The van der Waals surface area contributed by atoms with E-state index < -0.39 is 5.41 Å². The van der Waals surface area contributed by atoms with Crippen LogP contribution in [0.15, 0.2) is 106 Å². The van der Waals surface area contributed by atoms with Crippen molar-refractivity contribution in [3.8, 4) is 22.3 Å². The molecule has 0 aromatic heterocycles. The molecule has 300 valence electrons. The predicted molar refractivity (Wildman–Crippen MR) is 254 cm³/mol. The molecule has 0 spiro atoms. The van der Waals surface area contributed by atoms with Crippen molar-refractivity contribution in [2.45, 2.75) is 161 Å². The number of unbranched alkanes of at least 4 members (excludes halogenated alkanes) is 10. The van der Waals surface area contributed by atoms with Crippen molar-refractivity contribution in [1.82, 2.24) is 0 Å². The Labute approximate surface area is 363 Å². The van der Waals surface area contributed by atoms with Crippen LogP contribution in [0.25, 0.3) is 22.3 Å². The van der Waals surface area contributed by atoms with E-state index in [1.54, 1.807) is 11.1 Å². The van der Waals surface area contributed by atoms with Gasteiger partial charge in [-0.2, -0.15) is 0 Å².